The highest BCUT2D eigenvalue weighted by Crippen LogP contribution is 2.27. The summed E-state index contributed by atoms with van der Waals surface area (Å²) in [7, 11) is 0. The van der Waals surface area contributed by atoms with E-state index in [0.29, 0.717) is 24.8 Å². The van der Waals surface area contributed by atoms with Gasteiger partial charge in [-0.3, -0.25) is 14.5 Å². The largest absolute Gasteiger partial charge is 0.492 e. The molecule has 2 heterocycles. The van der Waals surface area contributed by atoms with Crippen molar-refractivity contribution in [1.82, 2.24) is 20.0 Å². The van der Waals surface area contributed by atoms with Crippen molar-refractivity contribution in [3.63, 3.8) is 0 Å². The van der Waals surface area contributed by atoms with E-state index in [-0.39, 0.29) is 30.1 Å². The summed E-state index contributed by atoms with van der Waals surface area (Å²) < 4.78 is 5.80. The Hall–Kier alpha value is -2.52. The number of hydrogen-bond acceptors (Lipinski definition) is 7. The van der Waals surface area contributed by atoms with E-state index in [1.165, 1.54) is 16.9 Å². The molecule has 9 heteroatoms. The van der Waals surface area contributed by atoms with E-state index in [9.17, 15) is 9.59 Å². The lowest BCUT2D eigenvalue weighted by Gasteiger charge is -2.34. The first-order valence-electron chi connectivity index (χ1n) is 11.0. The smallest absolute Gasteiger partial charge is 0.226 e. The van der Waals surface area contributed by atoms with Gasteiger partial charge in [-0.15, -0.1) is 10.2 Å². The zero-order valence-corrected chi connectivity index (χ0v) is 20.2. The van der Waals surface area contributed by atoms with Crippen LogP contribution in [0.1, 0.15) is 44.2 Å². The number of piperazine rings is 1. The van der Waals surface area contributed by atoms with Gasteiger partial charge in [0.25, 0.3) is 0 Å². The van der Waals surface area contributed by atoms with Crippen LogP contribution >= 0.6 is 11.3 Å². The van der Waals surface area contributed by atoms with Gasteiger partial charge in [0.2, 0.25) is 16.9 Å². The Morgan fingerprint density at radius 1 is 1.06 bits per heavy atom. The van der Waals surface area contributed by atoms with Gasteiger partial charge < -0.3 is 15.0 Å². The van der Waals surface area contributed by atoms with E-state index in [0.717, 1.165) is 30.4 Å². The number of carbonyl (C=O) groups excluding carboxylic acids is 2. The fourth-order valence-electron chi connectivity index (χ4n) is 3.29. The number of anilines is 1. The van der Waals surface area contributed by atoms with Crippen LogP contribution in [0.5, 0.6) is 5.75 Å². The summed E-state index contributed by atoms with van der Waals surface area (Å²) in [6.07, 6.45) is 0.348. The molecule has 1 aliphatic heterocycles. The molecular formula is C23H33N5O3S. The molecule has 2 aromatic rings. The number of carbonyl (C=O) groups is 2. The van der Waals surface area contributed by atoms with Crippen LogP contribution in [0.25, 0.3) is 0 Å². The van der Waals surface area contributed by atoms with Crippen LogP contribution in [0.15, 0.2) is 24.3 Å². The molecule has 0 saturated carbocycles. The molecule has 1 aromatic carbocycles. The lowest BCUT2D eigenvalue weighted by Crippen LogP contribution is -2.49. The van der Waals surface area contributed by atoms with E-state index in [1.807, 2.05) is 29.2 Å². The van der Waals surface area contributed by atoms with Crippen molar-refractivity contribution in [2.45, 2.75) is 46.0 Å². The van der Waals surface area contributed by atoms with Crippen LogP contribution in [0.4, 0.5) is 5.13 Å². The highest BCUT2D eigenvalue weighted by Gasteiger charge is 2.23. The molecule has 0 spiro atoms. The third-order valence-corrected chi connectivity index (χ3v) is 6.57. The van der Waals surface area contributed by atoms with Crippen molar-refractivity contribution in [1.29, 1.82) is 0 Å². The standard InChI is InChI=1S/C23H33N5O3S/c1-17-5-7-18(8-6-17)31-16-15-27-11-13-28(14-12-27)20(30)10-9-19(29)24-22-26-25-21(32-22)23(2,3)4/h5-8H,9-16H2,1-4H3,(H,24,26,29). The van der Waals surface area contributed by atoms with Gasteiger partial charge in [0.05, 0.1) is 0 Å². The maximum absolute atomic E-state index is 12.5. The van der Waals surface area contributed by atoms with E-state index in [1.54, 1.807) is 0 Å². The van der Waals surface area contributed by atoms with E-state index in [4.69, 9.17) is 4.74 Å². The second-order valence-electron chi connectivity index (χ2n) is 9.09. The van der Waals surface area contributed by atoms with Gasteiger partial charge in [0.15, 0.2) is 0 Å². The quantitative estimate of drug-likeness (QED) is 0.653. The lowest BCUT2D eigenvalue weighted by molar-refractivity contribution is -0.134. The number of ether oxygens (including phenoxy) is 1. The molecule has 0 bridgehead atoms. The second kappa shape index (κ2) is 10.9. The first kappa shape index (κ1) is 24.1. The van der Waals surface area contributed by atoms with Gasteiger partial charge in [0.1, 0.15) is 17.4 Å². The SMILES string of the molecule is Cc1ccc(OCCN2CCN(C(=O)CCC(=O)Nc3nnc(C(C)(C)C)s3)CC2)cc1. The maximum atomic E-state index is 12.5. The summed E-state index contributed by atoms with van der Waals surface area (Å²) in [5.41, 5.74) is 1.11. The van der Waals surface area contributed by atoms with Gasteiger partial charge in [-0.1, -0.05) is 49.8 Å². The second-order valence-corrected chi connectivity index (χ2v) is 10.1. The maximum Gasteiger partial charge on any atom is 0.226 e. The van der Waals surface area contributed by atoms with Crippen LogP contribution in [-0.4, -0.2) is 71.1 Å². The molecular weight excluding hydrogens is 426 g/mol. The van der Waals surface area contributed by atoms with Crippen molar-refractivity contribution < 1.29 is 14.3 Å². The van der Waals surface area contributed by atoms with Gasteiger partial charge in [-0.05, 0) is 19.1 Å². The minimum Gasteiger partial charge on any atom is -0.492 e. The summed E-state index contributed by atoms with van der Waals surface area (Å²) in [5.74, 6) is 0.691. The van der Waals surface area contributed by atoms with Crippen LogP contribution in [0.3, 0.4) is 0 Å². The zero-order chi connectivity index (χ0) is 23.1. The molecule has 1 N–H and O–H groups in total. The van der Waals surface area contributed by atoms with Crippen LogP contribution < -0.4 is 10.1 Å². The van der Waals surface area contributed by atoms with Gasteiger partial charge in [-0.2, -0.15) is 0 Å². The summed E-state index contributed by atoms with van der Waals surface area (Å²) in [6.45, 7) is 12.6. The third-order valence-electron chi connectivity index (χ3n) is 5.30. The minimum absolute atomic E-state index is 0.0170. The highest BCUT2D eigenvalue weighted by molar-refractivity contribution is 7.15. The summed E-state index contributed by atoms with van der Waals surface area (Å²) >= 11 is 1.37. The molecule has 3 rings (SSSR count). The average Bonchev–Trinajstić information content (AvgIpc) is 3.23. The third kappa shape index (κ3) is 7.27. The Labute approximate surface area is 194 Å². The number of aromatic nitrogens is 2. The number of nitrogens with zero attached hydrogens (tertiary/aromatic N) is 4. The topological polar surface area (TPSA) is 87.7 Å². The Kier molecular flexibility index (Phi) is 8.20. The zero-order valence-electron chi connectivity index (χ0n) is 19.4. The fourth-order valence-corrected chi connectivity index (χ4v) is 4.10. The summed E-state index contributed by atoms with van der Waals surface area (Å²) in [4.78, 5) is 28.8. The first-order valence-corrected chi connectivity index (χ1v) is 11.9. The minimum atomic E-state index is -0.207. The lowest BCUT2D eigenvalue weighted by atomic mass is 9.98. The van der Waals surface area contributed by atoms with Gasteiger partial charge in [-0.25, -0.2) is 0 Å². The Balaban J connectivity index is 1.32. The van der Waals surface area contributed by atoms with E-state index < -0.39 is 0 Å². The molecule has 2 amide bonds. The number of nitrogens with one attached hydrogen (secondary N) is 1. The molecule has 1 aromatic heterocycles. The van der Waals surface area contributed by atoms with Crippen molar-refractivity contribution >= 4 is 28.3 Å². The van der Waals surface area contributed by atoms with Crippen LogP contribution in [0.2, 0.25) is 0 Å². The molecule has 174 valence electrons. The average molecular weight is 460 g/mol. The molecule has 0 unspecified atom stereocenters. The summed E-state index contributed by atoms with van der Waals surface area (Å²) in [5, 5.41) is 12.2. The monoisotopic (exact) mass is 459 g/mol. The van der Waals surface area contributed by atoms with E-state index >= 15 is 0 Å². The van der Waals surface area contributed by atoms with E-state index in [2.05, 4.69) is 48.1 Å². The fraction of sp³-hybridized carbons (Fsp3) is 0.565. The predicted molar refractivity (Wildman–Crippen MR) is 126 cm³/mol. The Bertz CT molecular complexity index is 899. The molecule has 0 atom stereocenters. The predicted octanol–water partition coefficient (Wildman–Crippen LogP) is 3.09. The van der Waals surface area contributed by atoms with Crippen molar-refractivity contribution in [3.8, 4) is 5.75 Å². The first-order chi connectivity index (χ1) is 15.2. The van der Waals surface area contributed by atoms with Gasteiger partial charge in [0, 0.05) is 51.0 Å². The highest BCUT2D eigenvalue weighted by atomic mass is 32.1. The number of rotatable bonds is 8. The molecule has 0 radical (unpaired) electrons. The molecule has 8 nitrogen and oxygen atoms in total. The molecule has 1 aliphatic rings. The van der Waals surface area contributed by atoms with Crippen molar-refractivity contribution in [2.24, 2.45) is 0 Å². The van der Waals surface area contributed by atoms with Crippen LogP contribution in [0, 0.1) is 6.92 Å². The number of amides is 2. The van der Waals surface area contributed by atoms with Crippen LogP contribution in [-0.2, 0) is 15.0 Å². The van der Waals surface area contributed by atoms with Crippen molar-refractivity contribution in [3.05, 3.63) is 34.8 Å². The number of benzene rings is 1. The number of hydrogen-bond donors (Lipinski definition) is 1. The Morgan fingerprint density at radius 2 is 1.75 bits per heavy atom. The van der Waals surface area contributed by atoms with Gasteiger partial charge >= 0.3 is 0 Å². The summed E-state index contributed by atoms with van der Waals surface area (Å²) in [6, 6.07) is 8.04. The molecule has 0 aliphatic carbocycles. The number of aryl methyl sites for hydroxylation is 1. The molecule has 32 heavy (non-hydrogen) atoms. The molecule has 1 fully saturated rings. The Morgan fingerprint density at radius 3 is 2.38 bits per heavy atom. The normalized spacial score (nSPS) is 14.9. The molecule has 1 saturated heterocycles. The van der Waals surface area contributed by atoms with Crippen molar-refractivity contribution in [2.75, 3.05) is 44.6 Å².